The van der Waals surface area contributed by atoms with Gasteiger partial charge in [0.2, 0.25) is 0 Å². The molecule has 0 heterocycles. The molecular formula is C15H25ClN2. The molecule has 2 aliphatic carbocycles. The van der Waals surface area contributed by atoms with E-state index in [2.05, 4.69) is 32.3 Å². The van der Waals surface area contributed by atoms with Crippen molar-refractivity contribution >= 4 is 17.8 Å². The zero-order valence-corrected chi connectivity index (χ0v) is 12.8. The molecule has 0 aromatic rings. The molecule has 18 heavy (non-hydrogen) atoms. The van der Waals surface area contributed by atoms with Crippen LogP contribution >= 0.6 is 11.6 Å². The van der Waals surface area contributed by atoms with Gasteiger partial charge in [0, 0.05) is 16.7 Å². The minimum absolute atomic E-state index is 0.103. The summed E-state index contributed by atoms with van der Waals surface area (Å²) >= 11 is 6.14. The topological polar surface area (TPSA) is 24.4 Å². The number of rotatable bonds is 7. The molecule has 0 aromatic heterocycles. The summed E-state index contributed by atoms with van der Waals surface area (Å²) in [6, 6.07) is 0. The van der Waals surface area contributed by atoms with Gasteiger partial charge in [0.15, 0.2) is 0 Å². The molecule has 2 rings (SSSR count). The summed E-state index contributed by atoms with van der Waals surface area (Å²) in [6.45, 7) is 6.49. The molecule has 0 aromatic carbocycles. The van der Waals surface area contributed by atoms with Gasteiger partial charge in [-0.3, -0.25) is 10.3 Å². The summed E-state index contributed by atoms with van der Waals surface area (Å²) in [4.78, 5) is 4.75. The first-order chi connectivity index (χ1) is 8.41. The SMILES string of the molecule is CNC(C)(CCC1CC1)N=CCC1(C)C(C)=C1Cl. The average molecular weight is 269 g/mol. The van der Waals surface area contributed by atoms with Crippen LogP contribution < -0.4 is 5.32 Å². The van der Waals surface area contributed by atoms with Crippen LogP contribution in [0.25, 0.3) is 0 Å². The van der Waals surface area contributed by atoms with Gasteiger partial charge >= 0.3 is 0 Å². The largest absolute Gasteiger partial charge is 0.297 e. The molecule has 1 N–H and O–H groups in total. The van der Waals surface area contributed by atoms with Gasteiger partial charge in [0.1, 0.15) is 5.66 Å². The van der Waals surface area contributed by atoms with Crippen LogP contribution in [0.15, 0.2) is 15.6 Å². The molecule has 102 valence electrons. The summed E-state index contributed by atoms with van der Waals surface area (Å²) in [5.74, 6) is 0.965. The molecule has 0 spiro atoms. The zero-order chi connectivity index (χ0) is 13.4. The summed E-state index contributed by atoms with van der Waals surface area (Å²) in [7, 11) is 2.00. The van der Waals surface area contributed by atoms with Crippen molar-refractivity contribution in [2.24, 2.45) is 16.3 Å². The second-order valence-electron chi connectivity index (χ2n) is 6.29. The third-order valence-corrected chi connectivity index (χ3v) is 5.43. The number of halogens is 1. The van der Waals surface area contributed by atoms with Crippen molar-refractivity contribution in [1.82, 2.24) is 5.32 Å². The third-order valence-electron chi connectivity index (χ3n) is 4.73. The summed E-state index contributed by atoms with van der Waals surface area (Å²) in [6.07, 6.45) is 8.24. The lowest BCUT2D eigenvalue weighted by molar-refractivity contribution is 0.355. The molecular weight excluding hydrogens is 244 g/mol. The van der Waals surface area contributed by atoms with Crippen LogP contribution in [0.1, 0.15) is 52.9 Å². The average Bonchev–Trinajstić information content (AvgIpc) is 3.25. The van der Waals surface area contributed by atoms with Crippen molar-refractivity contribution in [1.29, 1.82) is 0 Å². The molecule has 0 radical (unpaired) electrons. The fourth-order valence-corrected chi connectivity index (χ4v) is 2.73. The lowest BCUT2D eigenvalue weighted by Gasteiger charge is -2.25. The van der Waals surface area contributed by atoms with Crippen LogP contribution in [0.3, 0.4) is 0 Å². The van der Waals surface area contributed by atoms with Crippen molar-refractivity contribution in [3.8, 4) is 0 Å². The Hall–Kier alpha value is -0.340. The standard InChI is InChI=1S/C15H25ClN2/c1-11-13(16)14(11,2)9-10-18-15(3,17-4)8-7-12-5-6-12/h10,12,17H,5-9H2,1-4H3. The van der Waals surface area contributed by atoms with E-state index in [-0.39, 0.29) is 11.1 Å². The van der Waals surface area contributed by atoms with Gasteiger partial charge in [-0.1, -0.05) is 31.4 Å². The predicted octanol–water partition coefficient (Wildman–Crippen LogP) is 4.11. The summed E-state index contributed by atoms with van der Waals surface area (Å²) < 4.78 is 0. The Bertz CT molecular complexity index is 370. The van der Waals surface area contributed by atoms with E-state index < -0.39 is 0 Å². The highest BCUT2D eigenvalue weighted by molar-refractivity contribution is 6.34. The van der Waals surface area contributed by atoms with E-state index in [0.717, 1.165) is 23.8 Å². The maximum atomic E-state index is 6.14. The van der Waals surface area contributed by atoms with E-state index in [1.165, 1.54) is 24.8 Å². The van der Waals surface area contributed by atoms with E-state index in [4.69, 9.17) is 16.6 Å². The summed E-state index contributed by atoms with van der Waals surface area (Å²) in [5, 5.41) is 4.37. The first-order valence-electron chi connectivity index (χ1n) is 7.01. The number of nitrogens with zero attached hydrogens (tertiary/aromatic N) is 1. The Morgan fingerprint density at radius 2 is 2.17 bits per heavy atom. The summed E-state index contributed by atoms with van der Waals surface area (Å²) in [5.41, 5.74) is 1.32. The quantitative estimate of drug-likeness (QED) is 0.691. The highest BCUT2D eigenvalue weighted by Gasteiger charge is 2.44. The number of nitrogens with one attached hydrogen (secondary N) is 1. The molecule has 1 fully saturated rings. The minimum Gasteiger partial charge on any atom is -0.297 e. The van der Waals surface area contributed by atoms with E-state index in [1.807, 2.05) is 7.05 Å². The van der Waals surface area contributed by atoms with E-state index in [0.29, 0.717) is 0 Å². The number of aliphatic imine (C=N–C) groups is 1. The molecule has 2 atom stereocenters. The Balaban J connectivity index is 1.81. The van der Waals surface area contributed by atoms with Gasteiger partial charge < -0.3 is 0 Å². The van der Waals surface area contributed by atoms with Gasteiger partial charge in [-0.2, -0.15) is 0 Å². The van der Waals surface area contributed by atoms with Crippen molar-refractivity contribution < 1.29 is 0 Å². The van der Waals surface area contributed by atoms with Gasteiger partial charge in [0.05, 0.1) is 0 Å². The molecule has 3 heteroatoms. The molecule has 2 nitrogen and oxygen atoms in total. The zero-order valence-electron chi connectivity index (χ0n) is 12.0. The van der Waals surface area contributed by atoms with Gasteiger partial charge in [-0.25, -0.2) is 0 Å². The van der Waals surface area contributed by atoms with Crippen LogP contribution in [0.2, 0.25) is 0 Å². The Kier molecular flexibility index (Phi) is 3.89. The van der Waals surface area contributed by atoms with Gasteiger partial charge in [-0.05, 0) is 51.6 Å². The molecule has 2 aliphatic rings. The normalized spacial score (nSPS) is 30.9. The van der Waals surface area contributed by atoms with Crippen molar-refractivity contribution in [3.05, 3.63) is 10.6 Å². The molecule has 0 amide bonds. The highest BCUT2D eigenvalue weighted by atomic mass is 35.5. The van der Waals surface area contributed by atoms with Gasteiger partial charge in [-0.15, -0.1) is 0 Å². The Morgan fingerprint density at radius 3 is 2.61 bits per heavy atom. The molecule has 0 aliphatic heterocycles. The maximum Gasteiger partial charge on any atom is 0.107 e. The minimum atomic E-state index is -0.103. The van der Waals surface area contributed by atoms with Crippen molar-refractivity contribution in [2.75, 3.05) is 7.05 Å². The van der Waals surface area contributed by atoms with Crippen molar-refractivity contribution in [2.45, 2.75) is 58.5 Å². The first kappa shape index (κ1) is 14.1. The monoisotopic (exact) mass is 268 g/mol. The lowest BCUT2D eigenvalue weighted by Crippen LogP contribution is -2.37. The smallest absolute Gasteiger partial charge is 0.107 e. The molecule has 2 unspecified atom stereocenters. The highest BCUT2D eigenvalue weighted by Crippen LogP contribution is 2.56. The van der Waals surface area contributed by atoms with Crippen LogP contribution in [-0.2, 0) is 0 Å². The second kappa shape index (κ2) is 4.97. The molecule has 0 saturated heterocycles. The number of hydrogen-bond donors (Lipinski definition) is 1. The fraction of sp³-hybridized carbons (Fsp3) is 0.800. The van der Waals surface area contributed by atoms with E-state index >= 15 is 0 Å². The van der Waals surface area contributed by atoms with Crippen LogP contribution in [0.4, 0.5) is 0 Å². The second-order valence-corrected chi connectivity index (χ2v) is 6.67. The van der Waals surface area contributed by atoms with Crippen LogP contribution in [-0.4, -0.2) is 18.9 Å². The first-order valence-corrected chi connectivity index (χ1v) is 7.39. The Labute approximate surface area is 116 Å². The predicted molar refractivity (Wildman–Crippen MR) is 79.2 cm³/mol. The maximum absolute atomic E-state index is 6.14. The number of hydrogen-bond acceptors (Lipinski definition) is 2. The lowest BCUT2D eigenvalue weighted by atomic mass is 9.99. The fourth-order valence-electron chi connectivity index (χ4n) is 2.35. The van der Waals surface area contributed by atoms with Crippen LogP contribution in [0, 0.1) is 11.3 Å². The van der Waals surface area contributed by atoms with Crippen LogP contribution in [0.5, 0.6) is 0 Å². The molecule has 0 bridgehead atoms. The Morgan fingerprint density at radius 1 is 1.56 bits per heavy atom. The van der Waals surface area contributed by atoms with Crippen molar-refractivity contribution in [3.63, 3.8) is 0 Å². The van der Waals surface area contributed by atoms with E-state index in [1.54, 1.807) is 0 Å². The van der Waals surface area contributed by atoms with Gasteiger partial charge in [0.25, 0.3) is 0 Å². The third kappa shape index (κ3) is 2.97. The number of allylic oxidation sites excluding steroid dienone is 2. The molecule has 1 saturated carbocycles. The van der Waals surface area contributed by atoms with E-state index in [9.17, 15) is 0 Å².